The Morgan fingerprint density at radius 2 is 1.88 bits per heavy atom. The van der Waals surface area contributed by atoms with Crippen LogP contribution in [0.25, 0.3) is 0 Å². The van der Waals surface area contributed by atoms with Gasteiger partial charge in [-0.25, -0.2) is 0 Å². The van der Waals surface area contributed by atoms with E-state index in [2.05, 4.69) is 39.9 Å². The summed E-state index contributed by atoms with van der Waals surface area (Å²) in [5, 5.41) is 2.88. The number of ether oxygens (including phenoxy) is 1. The van der Waals surface area contributed by atoms with Crippen molar-refractivity contribution in [2.24, 2.45) is 11.3 Å². The van der Waals surface area contributed by atoms with Gasteiger partial charge in [0.1, 0.15) is 0 Å². The minimum absolute atomic E-state index is 0.132. The fourth-order valence-corrected chi connectivity index (χ4v) is 1.26. The Kier molecular flexibility index (Phi) is 8.23. The summed E-state index contributed by atoms with van der Waals surface area (Å²) in [6.07, 6.45) is 2.61. The van der Waals surface area contributed by atoms with Crippen LogP contribution in [0, 0.1) is 11.3 Å². The minimum Gasteiger partial charge on any atom is -0.380 e. The van der Waals surface area contributed by atoms with E-state index in [0.717, 1.165) is 19.4 Å². The summed E-state index contributed by atoms with van der Waals surface area (Å²) in [4.78, 5) is 11.5. The first-order valence-corrected chi connectivity index (χ1v) is 6.66. The highest BCUT2D eigenvalue weighted by molar-refractivity contribution is 5.75. The summed E-state index contributed by atoms with van der Waals surface area (Å²) in [7, 11) is 0. The average molecular weight is 243 g/mol. The van der Waals surface area contributed by atoms with Crippen molar-refractivity contribution >= 4 is 5.91 Å². The van der Waals surface area contributed by atoms with E-state index >= 15 is 0 Å². The second-order valence-corrected chi connectivity index (χ2v) is 6.21. The second kappa shape index (κ2) is 8.51. The molecule has 0 aromatic rings. The maximum Gasteiger partial charge on any atom is 0.220 e. The molecule has 0 aliphatic carbocycles. The Balaban J connectivity index is 3.34. The highest BCUT2D eigenvalue weighted by Crippen LogP contribution is 2.19. The quantitative estimate of drug-likeness (QED) is 0.666. The van der Waals surface area contributed by atoms with E-state index in [9.17, 15) is 4.79 Å². The minimum atomic E-state index is 0.132. The molecule has 3 nitrogen and oxygen atoms in total. The summed E-state index contributed by atoms with van der Waals surface area (Å²) in [6, 6.07) is 0. The molecule has 0 fully saturated rings. The predicted molar refractivity (Wildman–Crippen MR) is 72.0 cm³/mol. The summed E-state index contributed by atoms with van der Waals surface area (Å²) in [5.41, 5.74) is 0.227. The molecular formula is C14H29NO2. The molecule has 3 heteroatoms. The van der Waals surface area contributed by atoms with Crippen LogP contribution in [0.3, 0.4) is 0 Å². The lowest BCUT2D eigenvalue weighted by atomic mass is 9.90. The average Bonchev–Trinajstić information content (AvgIpc) is 2.19. The number of carbonyl (C=O) groups is 1. The van der Waals surface area contributed by atoms with Crippen molar-refractivity contribution < 1.29 is 9.53 Å². The summed E-state index contributed by atoms with van der Waals surface area (Å²) in [6.45, 7) is 12.8. The van der Waals surface area contributed by atoms with Crippen molar-refractivity contribution in [1.82, 2.24) is 5.32 Å². The van der Waals surface area contributed by atoms with E-state index in [1.807, 2.05) is 0 Å². The maximum absolute atomic E-state index is 11.5. The van der Waals surface area contributed by atoms with Crippen molar-refractivity contribution in [1.29, 1.82) is 0 Å². The van der Waals surface area contributed by atoms with E-state index in [4.69, 9.17) is 4.74 Å². The summed E-state index contributed by atoms with van der Waals surface area (Å²) in [5.74, 6) is 0.809. The fraction of sp³-hybridized carbons (Fsp3) is 0.929. The van der Waals surface area contributed by atoms with Crippen LogP contribution in [-0.2, 0) is 9.53 Å². The van der Waals surface area contributed by atoms with Crippen LogP contribution in [0.5, 0.6) is 0 Å². The Bertz CT molecular complexity index is 207. The Morgan fingerprint density at radius 1 is 1.24 bits per heavy atom. The lowest BCUT2D eigenvalue weighted by Crippen LogP contribution is -2.28. The van der Waals surface area contributed by atoms with Gasteiger partial charge in [0.15, 0.2) is 0 Å². The van der Waals surface area contributed by atoms with Crippen LogP contribution in [0.1, 0.15) is 53.9 Å². The molecule has 0 aromatic carbocycles. The largest absolute Gasteiger partial charge is 0.380 e. The van der Waals surface area contributed by atoms with E-state index < -0.39 is 0 Å². The van der Waals surface area contributed by atoms with Gasteiger partial charge in [0.05, 0.1) is 6.61 Å². The number of carbonyl (C=O) groups excluding carboxylic acids is 1. The lowest BCUT2D eigenvalue weighted by molar-refractivity contribution is -0.121. The fourth-order valence-electron chi connectivity index (χ4n) is 1.26. The first kappa shape index (κ1) is 16.4. The van der Waals surface area contributed by atoms with E-state index in [1.165, 1.54) is 0 Å². The molecule has 0 atom stereocenters. The van der Waals surface area contributed by atoms with E-state index in [1.54, 1.807) is 0 Å². The number of nitrogens with one attached hydrogen (secondary N) is 1. The smallest absolute Gasteiger partial charge is 0.220 e. The first-order chi connectivity index (χ1) is 7.81. The zero-order valence-electron chi connectivity index (χ0n) is 12.1. The number of hydrogen-bond donors (Lipinski definition) is 1. The van der Waals surface area contributed by atoms with Gasteiger partial charge in [0.2, 0.25) is 5.91 Å². The van der Waals surface area contributed by atoms with Gasteiger partial charge in [-0.15, -0.1) is 0 Å². The van der Waals surface area contributed by atoms with Crippen LogP contribution in [0.4, 0.5) is 0 Å². The number of rotatable bonds is 8. The Labute approximate surface area is 106 Å². The van der Waals surface area contributed by atoms with Crippen LogP contribution in [0.2, 0.25) is 0 Å². The molecule has 0 saturated carbocycles. The molecule has 17 heavy (non-hydrogen) atoms. The molecule has 0 aliphatic heterocycles. The monoisotopic (exact) mass is 243 g/mol. The molecule has 0 saturated heterocycles. The third-order valence-corrected chi connectivity index (χ3v) is 2.51. The molecule has 0 bridgehead atoms. The first-order valence-electron chi connectivity index (χ1n) is 6.66. The molecule has 1 amide bonds. The summed E-state index contributed by atoms with van der Waals surface area (Å²) >= 11 is 0. The zero-order chi connectivity index (χ0) is 13.3. The highest BCUT2D eigenvalue weighted by atomic mass is 16.5. The van der Waals surface area contributed by atoms with Crippen molar-refractivity contribution in [3.05, 3.63) is 0 Å². The summed E-state index contributed by atoms with van der Waals surface area (Å²) < 4.78 is 5.43. The van der Waals surface area contributed by atoms with Gasteiger partial charge in [0, 0.05) is 19.6 Å². The molecule has 0 aliphatic rings. The maximum atomic E-state index is 11.5. The molecule has 0 aromatic heterocycles. The molecular weight excluding hydrogens is 214 g/mol. The van der Waals surface area contributed by atoms with Gasteiger partial charge in [-0.3, -0.25) is 4.79 Å². The standard InChI is InChI=1S/C14H29NO2/c1-12(2)7-10-17-11-9-15-13(16)6-8-14(3,4)5/h12H,6-11H2,1-5H3,(H,15,16). The van der Waals surface area contributed by atoms with Crippen LogP contribution >= 0.6 is 0 Å². The van der Waals surface area contributed by atoms with Gasteiger partial charge in [-0.05, 0) is 24.2 Å². The predicted octanol–water partition coefficient (Wildman–Crippen LogP) is 2.99. The Morgan fingerprint density at radius 3 is 2.41 bits per heavy atom. The van der Waals surface area contributed by atoms with Crippen LogP contribution in [0.15, 0.2) is 0 Å². The normalized spacial score (nSPS) is 11.9. The topological polar surface area (TPSA) is 38.3 Å². The SMILES string of the molecule is CC(C)CCOCCNC(=O)CCC(C)(C)C. The number of amides is 1. The van der Waals surface area contributed by atoms with Crippen molar-refractivity contribution in [2.75, 3.05) is 19.8 Å². The molecule has 0 unspecified atom stereocenters. The molecule has 0 radical (unpaired) electrons. The zero-order valence-corrected chi connectivity index (χ0v) is 12.1. The highest BCUT2D eigenvalue weighted by Gasteiger charge is 2.12. The van der Waals surface area contributed by atoms with Gasteiger partial charge < -0.3 is 10.1 Å². The second-order valence-electron chi connectivity index (χ2n) is 6.21. The molecule has 0 rings (SSSR count). The van der Waals surface area contributed by atoms with Crippen molar-refractivity contribution in [2.45, 2.75) is 53.9 Å². The van der Waals surface area contributed by atoms with Gasteiger partial charge >= 0.3 is 0 Å². The molecule has 102 valence electrons. The lowest BCUT2D eigenvalue weighted by Gasteiger charge is -2.17. The van der Waals surface area contributed by atoms with E-state index in [-0.39, 0.29) is 11.3 Å². The number of hydrogen-bond acceptors (Lipinski definition) is 2. The Hall–Kier alpha value is -0.570. The molecule has 0 heterocycles. The van der Waals surface area contributed by atoms with Crippen molar-refractivity contribution in [3.8, 4) is 0 Å². The van der Waals surface area contributed by atoms with Gasteiger partial charge in [0.25, 0.3) is 0 Å². The molecule has 0 spiro atoms. The van der Waals surface area contributed by atoms with E-state index in [0.29, 0.717) is 25.5 Å². The van der Waals surface area contributed by atoms with Crippen LogP contribution < -0.4 is 5.32 Å². The van der Waals surface area contributed by atoms with Gasteiger partial charge in [-0.2, -0.15) is 0 Å². The van der Waals surface area contributed by atoms with Gasteiger partial charge in [-0.1, -0.05) is 34.6 Å². The third-order valence-electron chi connectivity index (χ3n) is 2.51. The van der Waals surface area contributed by atoms with Crippen LogP contribution in [-0.4, -0.2) is 25.7 Å². The molecule has 1 N–H and O–H groups in total. The van der Waals surface area contributed by atoms with Crippen molar-refractivity contribution in [3.63, 3.8) is 0 Å². The third kappa shape index (κ3) is 13.4.